The molecule has 0 aromatic heterocycles. The Morgan fingerprint density at radius 1 is 0.720 bits per heavy atom. The highest BCUT2D eigenvalue weighted by Crippen LogP contribution is 2.26. The molecule has 0 spiro atoms. The molecule has 3 aromatic carbocycles. The molecule has 0 unspecified atom stereocenters. The Morgan fingerprint density at radius 3 is 2.24 bits per heavy atom. The first-order chi connectivity index (χ1) is 12.3. The number of nitrogens with one attached hydrogen (secondary N) is 1. The maximum atomic E-state index is 5.93. The molecule has 128 valence electrons. The van der Waals surface area contributed by atoms with E-state index in [9.17, 15) is 0 Å². The van der Waals surface area contributed by atoms with Crippen LogP contribution in [-0.2, 0) is 13.2 Å². The molecular formula is C22H23NO2. The SMILES string of the molecule is CCNCc1ccc(Oc2cccc(OCc3ccccc3)c2)cc1. The molecule has 0 bridgehead atoms. The van der Waals surface area contributed by atoms with Gasteiger partial charge in [-0.15, -0.1) is 0 Å². The summed E-state index contributed by atoms with van der Waals surface area (Å²) in [5.41, 5.74) is 2.39. The Kier molecular flexibility index (Phi) is 6.07. The molecule has 3 heteroatoms. The van der Waals surface area contributed by atoms with Gasteiger partial charge in [-0.05, 0) is 41.9 Å². The lowest BCUT2D eigenvalue weighted by Gasteiger charge is -2.10. The predicted molar refractivity (Wildman–Crippen MR) is 101 cm³/mol. The van der Waals surface area contributed by atoms with Crippen LogP contribution in [0.1, 0.15) is 18.1 Å². The number of ether oxygens (including phenoxy) is 2. The molecule has 0 fully saturated rings. The van der Waals surface area contributed by atoms with Crippen molar-refractivity contribution < 1.29 is 9.47 Å². The van der Waals surface area contributed by atoms with Gasteiger partial charge in [0.05, 0.1) is 0 Å². The highest BCUT2D eigenvalue weighted by atomic mass is 16.5. The molecule has 0 aliphatic carbocycles. The van der Waals surface area contributed by atoms with Crippen LogP contribution in [-0.4, -0.2) is 6.54 Å². The largest absolute Gasteiger partial charge is 0.489 e. The molecule has 3 aromatic rings. The molecule has 0 aliphatic rings. The summed E-state index contributed by atoms with van der Waals surface area (Å²) in [6, 6.07) is 26.0. The summed E-state index contributed by atoms with van der Waals surface area (Å²) >= 11 is 0. The normalized spacial score (nSPS) is 10.4. The first-order valence-electron chi connectivity index (χ1n) is 8.58. The van der Waals surface area contributed by atoms with E-state index >= 15 is 0 Å². The molecular weight excluding hydrogens is 310 g/mol. The maximum absolute atomic E-state index is 5.93. The van der Waals surface area contributed by atoms with Gasteiger partial charge in [0.2, 0.25) is 0 Å². The zero-order valence-electron chi connectivity index (χ0n) is 14.4. The van der Waals surface area contributed by atoms with Gasteiger partial charge in [-0.2, -0.15) is 0 Å². The Bertz CT molecular complexity index is 770. The van der Waals surface area contributed by atoms with Crippen molar-refractivity contribution in [3.8, 4) is 17.2 Å². The van der Waals surface area contributed by atoms with E-state index in [1.807, 2.05) is 54.6 Å². The lowest BCUT2D eigenvalue weighted by Crippen LogP contribution is -2.11. The first-order valence-corrected chi connectivity index (χ1v) is 8.58. The lowest BCUT2D eigenvalue weighted by atomic mass is 10.2. The monoisotopic (exact) mass is 333 g/mol. The predicted octanol–water partition coefficient (Wildman–Crippen LogP) is 5.17. The van der Waals surface area contributed by atoms with Crippen LogP contribution >= 0.6 is 0 Å². The van der Waals surface area contributed by atoms with Crippen LogP contribution in [0.2, 0.25) is 0 Å². The smallest absolute Gasteiger partial charge is 0.131 e. The molecule has 0 saturated carbocycles. The Hall–Kier alpha value is -2.78. The Labute approximate surface area is 149 Å². The maximum Gasteiger partial charge on any atom is 0.131 e. The first kappa shape index (κ1) is 17.1. The zero-order chi connectivity index (χ0) is 17.3. The minimum Gasteiger partial charge on any atom is -0.489 e. The van der Waals surface area contributed by atoms with Crippen molar-refractivity contribution in [1.29, 1.82) is 0 Å². The molecule has 0 heterocycles. The number of rotatable bonds is 8. The summed E-state index contributed by atoms with van der Waals surface area (Å²) in [6.07, 6.45) is 0. The third-order valence-electron chi connectivity index (χ3n) is 3.79. The second kappa shape index (κ2) is 8.90. The van der Waals surface area contributed by atoms with Crippen molar-refractivity contribution in [2.45, 2.75) is 20.1 Å². The van der Waals surface area contributed by atoms with Crippen molar-refractivity contribution >= 4 is 0 Å². The fourth-order valence-electron chi connectivity index (χ4n) is 2.45. The fourth-order valence-corrected chi connectivity index (χ4v) is 2.45. The summed E-state index contributed by atoms with van der Waals surface area (Å²) < 4.78 is 11.8. The minimum atomic E-state index is 0.545. The molecule has 1 N–H and O–H groups in total. The van der Waals surface area contributed by atoms with Gasteiger partial charge in [0, 0.05) is 12.6 Å². The fraction of sp³-hybridized carbons (Fsp3) is 0.182. The lowest BCUT2D eigenvalue weighted by molar-refractivity contribution is 0.304. The molecule has 3 nitrogen and oxygen atoms in total. The van der Waals surface area contributed by atoms with E-state index in [0.717, 1.165) is 35.9 Å². The molecule has 0 radical (unpaired) electrons. The summed E-state index contributed by atoms with van der Waals surface area (Å²) in [7, 11) is 0. The van der Waals surface area contributed by atoms with E-state index in [2.05, 4.69) is 36.5 Å². The van der Waals surface area contributed by atoms with Gasteiger partial charge < -0.3 is 14.8 Å². The van der Waals surface area contributed by atoms with Crippen LogP contribution in [0.25, 0.3) is 0 Å². The zero-order valence-corrected chi connectivity index (χ0v) is 14.4. The standard InChI is InChI=1S/C22H23NO2/c1-2-23-16-18-11-13-20(14-12-18)25-22-10-6-9-21(15-22)24-17-19-7-4-3-5-8-19/h3-15,23H,2,16-17H2,1H3. The number of benzene rings is 3. The third-order valence-corrected chi connectivity index (χ3v) is 3.79. The van der Waals surface area contributed by atoms with Gasteiger partial charge >= 0.3 is 0 Å². The molecule has 0 amide bonds. The molecule has 0 aliphatic heterocycles. The molecule has 25 heavy (non-hydrogen) atoms. The van der Waals surface area contributed by atoms with Gasteiger partial charge in [-0.3, -0.25) is 0 Å². The average Bonchev–Trinajstić information content (AvgIpc) is 2.67. The molecule has 0 atom stereocenters. The van der Waals surface area contributed by atoms with Crippen LogP contribution in [0, 0.1) is 0 Å². The topological polar surface area (TPSA) is 30.5 Å². The highest BCUT2D eigenvalue weighted by Gasteiger charge is 2.01. The summed E-state index contributed by atoms with van der Waals surface area (Å²) in [5, 5.41) is 3.31. The van der Waals surface area contributed by atoms with Gasteiger partial charge in [-0.25, -0.2) is 0 Å². The molecule has 0 saturated heterocycles. The second-order valence-corrected chi connectivity index (χ2v) is 5.78. The van der Waals surface area contributed by atoms with Crippen LogP contribution in [0.4, 0.5) is 0 Å². The van der Waals surface area contributed by atoms with Gasteiger partial charge in [0.15, 0.2) is 0 Å². The Balaban J connectivity index is 1.59. The van der Waals surface area contributed by atoms with Crippen molar-refractivity contribution in [3.05, 3.63) is 90.0 Å². The van der Waals surface area contributed by atoms with E-state index in [1.165, 1.54) is 5.56 Å². The second-order valence-electron chi connectivity index (χ2n) is 5.78. The van der Waals surface area contributed by atoms with Crippen LogP contribution < -0.4 is 14.8 Å². The van der Waals surface area contributed by atoms with Gasteiger partial charge in [-0.1, -0.05) is 55.5 Å². The van der Waals surface area contributed by atoms with Crippen molar-refractivity contribution in [1.82, 2.24) is 5.32 Å². The summed E-state index contributed by atoms with van der Waals surface area (Å²) in [5.74, 6) is 2.38. The summed E-state index contributed by atoms with van der Waals surface area (Å²) in [6.45, 7) is 4.49. The van der Waals surface area contributed by atoms with Crippen molar-refractivity contribution in [3.63, 3.8) is 0 Å². The minimum absolute atomic E-state index is 0.545. The molecule has 3 rings (SSSR count). The third kappa shape index (κ3) is 5.37. The number of hydrogen-bond acceptors (Lipinski definition) is 3. The van der Waals surface area contributed by atoms with Crippen LogP contribution in [0.5, 0.6) is 17.2 Å². The Morgan fingerprint density at radius 2 is 1.48 bits per heavy atom. The van der Waals surface area contributed by atoms with E-state index in [1.54, 1.807) is 0 Å². The average molecular weight is 333 g/mol. The van der Waals surface area contributed by atoms with E-state index < -0.39 is 0 Å². The quantitative estimate of drug-likeness (QED) is 0.617. The van der Waals surface area contributed by atoms with Gasteiger partial charge in [0.25, 0.3) is 0 Å². The van der Waals surface area contributed by atoms with Crippen molar-refractivity contribution in [2.75, 3.05) is 6.54 Å². The summed E-state index contributed by atoms with van der Waals surface area (Å²) in [4.78, 5) is 0. The van der Waals surface area contributed by atoms with Crippen LogP contribution in [0.15, 0.2) is 78.9 Å². The van der Waals surface area contributed by atoms with E-state index in [4.69, 9.17) is 9.47 Å². The van der Waals surface area contributed by atoms with E-state index in [-0.39, 0.29) is 0 Å². The number of hydrogen-bond donors (Lipinski definition) is 1. The van der Waals surface area contributed by atoms with E-state index in [0.29, 0.717) is 6.61 Å². The highest BCUT2D eigenvalue weighted by molar-refractivity contribution is 5.37. The van der Waals surface area contributed by atoms with Gasteiger partial charge in [0.1, 0.15) is 23.9 Å². The van der Waals surface area contributed by atoms with Crippen molar-refractivity contribution in [2.24, 2.45) is 0 Å². The van der Waals surface area contributed by atoms with Crippen LogP contribution in [0.3, 0.4) is 0 Å².